The lowest BCUT2D eigenvalue weighted by molar-refractivity contribution is -0.385. The van der Waals surface area contributed by atoms with Gasteiger partial charge in [-0.2, -0.15) is 0 Å². The van der Waals surface area contributed by atoms with Gasteiger partial charge in [-0.25, -0.2) is 9.80 Å². The first-order valence-corrected chi connectivity index (χ1v) is 14.9. The van der Waals surface area contributed by atoms with Crippen molar-refractivity contribution >= 4 is 52.0 Å². The quantitative estimate of drug-likeness (QED) is 0.172. The van der Waals surface area contributed by atoms with Crippen LogP contribution < -0.4 is 9.80 Å². The Balaban J connectivity index is 1.26. The molecular weight excluding hydrogens is 592 g/mol. The second kappa shape index (κ2) is 9.86. The van der Waals surface area contributed by atoms with Crippen molar-refractivity contribution in [3.05, 3.63) is 122 Å². The van der Waals surface area contributed by atoms with Crippen molar-refractivity contribution in [2.75, 3.05) is 9.80 Å². The Kier molecular flexibility index (Phi) is 5.95. The van der Waals surface area contributed by atoms with Gasteiger partial charge in [0.1, 0.15) is 0 Å². The molecule has 3 aromatic carbocycles. The van der Waals surface area contributed by atoms with Crippen LogP contribution in [-0.4, -0.2) is 33.5 Å². The molecule has 0 radical (unpaired) electrons. The summed E-state index contributed by atoms with van der Waals surface area (Å²) in [5.74, 6) is -6.84. The Labute approximate surface area is 260 Å². The van der Waals surface area contributed by atoms with Crippen molar-refractivity contribution < 1.29 is 29.0 Å². The van der Waals surface area contributed by atoms with E-state index in [4.69, 9.17) is 0 Å². The van der Waals surface area contributed by atoms with Crippen LogP contribution in [0.25, 0.3) is 5.57 Å². The van der Waals surface area contributed by atoms with Crippen LogP contribution in [0.4, 0.5) is 22.7 Å². The number of anilines is 2. The summed E-state index contributed by atoms with van der Waals surface area (Å²) >= 11 is 0. The van der Waals surface area contributed by atoms with Crippen molar-refractivity contribution in [1.29, 1.82) is 0 Å². The summed E-state index contributed by atoms with van der Waals surface area (Å²) in [6, 6.07) is 20.3. The van der Waals surface area contributed by atoms with E-state index in [-0.39, 0.29) is 29.2 Å². The van der Waals surface area contributed by atoms with Crippen LogP contribution in [0.1, 0.15) is 12.0 Å². The second-order valence-corrected chi connectivity index (χ2v) is 12.3. The topological polar surface area (TPSA) is 161 Å². The molecule has 0 aromatic heterocycles. The molecule has 2 saturated heterocycles. The Morgan fingerprint density at radius 1 is 0.609 bits per heavy atom. The molecule has 4 aliphatic carbocycles. The van der Waals surface area contributed by atoms with Crippen molar-refractivity contribution in [3.63, 3.8) is 0 Å². The molecule has 4 amide bonds. The number of benzene rings is 3. The zero-order valence-electron chi connectivity index (χ0n) is 24.0. The lowest BCUT2D eigenvalue weighted by Crippen LogP contribution is -2.51. The molecule has 6 aliphatic rings. The van der Waals surface area contributed by atoms with E-state index in [0.29, 0.717) is 0 Å². The van der Waals surface area contributed by atoms with E-state index in [1.165, 1.54) is 48.5 Å². The number of amides is 4. The molecule has 9 rings (SSSR count). The summed E-state index contributed by atoms with van der Waals surface area (Å²) in [7, 11) is 0. The number of carbonyl (C=O) groups is 4. The predicted octanol–water partition coefficient (Wildman–Crippen LogP) is 4.70. The number of hydrogen-bond donors (Lipinski definition) is 0. The highest BCUT2D eigenvalue weighted by Gasteiger charge is 2.67. The van der Waals surface area contributed by atoms with Gasteiger partial charge >= 0.3 is 0 Å². The molecule has 228 valence electrons. The van der Waals surface area contributed by atoms with Gasteiger partial charge in [0.25, 0.3) is 11.4 Å². The first-order valence-electron chi connectivity index (χ1n) is 14.9. The van der Waals surface area contributed by atoms with Gasteiger partial charge in [0.2, 0.25) is 23.6 Å². The Bertz CT molecular complexity index is 1990. The maximum Gasteiger partial charge on any atom is 0.271 e. The molecule has 2 heterocycles. The molecule has 3 aromatic rings. The SMILES string of the molecule is O=C1C2CC(c3ccccc3)=C3C4C=CC(C5C(=O)N(c6cccc([N+](=O)[O-])c6)C(=O)C45)C3C2C(=O)N1c1cccc([N+](=O)[O-])c1. The van der Waals surface area contributed by atoms with Crippen molar-refractivity contribution in [3.8, 4) is 0 Å². The van der Waals surface area contributed by atoms with Crippen LogP contribution in [0.3, 0.4) is 0 Å². The van der Waals surface area contributed by atoms with E-state index in [2.05, 4.69) is 0 Å². The van der Waals surface area contributed by atoms with E-state index in [9.17, 15) is 39.4 Å². The first kappa shape index (κ1) is 27.7. The molecule has 12 heteroatoms. The summed E-state index contributed by atoms with van der Waals surface area (Å²) in [4.78, 5) is 80.5. The molecule has 2 aliphatic heterocycles. The minimum Gasteiger partial charge on any atom is -0.274 e. The summed E-state index contributed by atoms with van der Waals surface area (Å²) < 4.78 is 0. The third-order valence-corrected chi connectivity index (χ3v) is 10.2. The maximum absolute atomic E-state index is 14.3. The van der Waals surface area contributed by atoms with Gasteiger partial charge in [0.05, 0.1) is 44.9 Å². The normalized spacial score (nSPS) is 29.3. The summed E-state index contributed by atoms with van der Waals surface area (Å²) in [5, 5.41) is 23.0. The fraction of sp³-hybridized carbons (Fsp3) is 0.235. The van der Waals surface area contributed by atoms with E-state index in [1.54, 1.807) is 0 Å². The number of imide groups is 2. The zero-order chi connectivity index (χ0) is 32.0. The Morgan fingerprint density at radius 2 is 1.17 bits per heavy atom. The van der Waals surface area contributed by atoms with Gasteiger partial charge in [0.15, 0.2) is 0 Å². The van der Waals surface area contributed by atoms with Crippen LogP contribution in [0.15, 0.2) is 96.6 Å². The van der Waals surface area contributed by atoms with Gasteiger partial charge in [-0.05, 0) is 35.6 Å². The molecule has 0 N–H and O–H groups in total. The molecule has 1 saturated carbocycles. The maximum atomic E-state index is 14.3. The standard InChI is InChI=1S/C34H24N4O8/c39-31-25-16-24(17-6-2-1-3-7-17)26-22-12-13-23(27(26)30(25)34(42)35(31)18-8-4-10-20(14-18)37(43)44)29-28(22)32(40)36(33(29)41)19-9-5-11-21(15-19)38(45)46/h1-15,22-23,25,27-30H,16H2. The number of nitro benzene ring substituents is 2. The minimum absolute atomic E-state index is 0.111. The van der Waals surface area contributed by atoms with Crippen LogP contribution in [0.2, 0.25) is 0 Å². The molecule has 7 atom stereocenters. The van der Waals surface area contributed by atoms with Gasteiger partial charge < -0.3 is 0 Å². The average molecular weight is 617 g/mol. The van der Waals surface area contributed by atoms with Crippen molar-refractivity contribution in [1.82, 2.24) is 0 Å². The fourth-order valence-corrected chi connectivity index (χ4v) is 8.52. The number of allylic oxidation sites excluding steroid dienone is 4. The van der Waals surface area contributed by atoms with Gasteiger partial charge in [-0.1, -0.05) is 60.2 Å². The third-order valence-electron chi connectivity index (χ3n) is 10.2. The Hall–Kier alpha value is -5.78. The van der Waals surface area contributed by atoms with Crippen LogP contribution in [0.5, 0.6) is 0 Å². The number of rotatable bonds is 5. The molecule has 3 fully saturated rings. The Morgan fingerprint density at radius 3 is 1.78 bits per heavy atom. The molecule has 12 nitrogen and oxygen atoms in total. The molecule has 0 spiro atoms. The highest BCUT2D eigenvalue weighted by molar-refractivity contribution is 6.25. The summed E-state index contributed by atoms with van der Waals surface area (Å²) in [6.07, 6.45) is 4.02. The highest BCUT2D eigenvalue weighted by atomic mass is 16.6. The third kappa shape index (κ3) is 3.73. The monoisotopic (exact) mass is 616 g/mol. The van der Waals surface area contributed by atoms with E-state index in [1.807, 2.05) is 42.5 Å². The molecule has 46 heavy (non-hydrogen) atoms. The number of nitro groups is 2. The first-order chi connectivity index (χ1) is 22.2. The van der Waals surface area contributed by atoms with E-state index >= 15 is 0 Å². The van der Waals surface area contributed by atoms with Crippen molar-refractivity contribution in [2.24, 2.45) is 41.4 Å². The van der Waals surface area contributed by atoms with Gasteiger partial charge in [-0.15, -0.1) is 0 Å². The average Bonchev–Trinajstić information content (AvgIpc) is 3.49. The van der Waals surface area contributed by atoms with Gasteiger partial charge in [0, 0.05) is 36.1 Å². The summed E-state index contributed by atoms with van der Waals surface area (Å²) in [6.45, 7) is 0. The van der Waals surface area contributed by atoms with Crippen LogP contribution in [0, 0.1) is 61.7 Å². The number of fused-ring (bicyclic) bond motifs is 1. The molecule has 2 bridgehead atoms. The van der Waals surface area contributed by atoms with E-state index in [0.717, 1.165) is 26.5 Å². The number of carbonyl (C=O) groups excluding carboxylic acids is 4. The fourth-order valence-electron chi connectivity index (χ4n) is 8.52. The van der Waals surface area contributed by atoms with E-state index < -0.39 is 74.9 Å². The second-order valence-electron chi connectivity index (χ2n) is 12.3. The van der Waals surface area contributed by atoms with Crippen LogP contribution in [-0.2, 0) is 19.2 Å². The number of nitrogens with zero attached hydrogens (tertiary/aromatic N) is 4. The molecule has 7 unspecified atom stereocenters. The number of hydrogen-bond acceptors (Lipinski definition) is 8. The zero-order valence-corrected chi connectivity index (χ0v) is 24.0. The lowest BCUT2D eigenvalue weighted by atomic mass is 9.49. The highest BCUT2D eigenvalue weighted by Crippen LogP contribution is 2.63. The van der Waals surface area contributed by atoms with Gasteiger partial charge in [-0.3, -0.25) is 39.4 Å². The molecular formula is C34H24N4O8. The van der Waals surface area contributed by atoms with Crippen LogP contribution >= 0.6 is 0 Å². The number of non-ortho nitro benzene ring substituents is 2. The van der Waals surface area contributed by atoms with Crippen molar-refractivity contribution in [2.45, 2.75) is 6.42 Å². The predicted molar refractivity (Wildman–Crippen MR) is 163 cm³/mol. The lowest BCUT2D eigenvalue weighted by Gasteiger charge is -2.51. The largest absolute Gasteiger partial charge is 0.274 e. The smallest absolute Gasteiger partial charge is 0.271 e. The minimum atomic E-state index is -0.845. The summed E-state index contributed by atoms with van der Waals surface area (Å²) in [5.41, 5.74) is 2.26.